The Kier molecular flexibility index (Phi) is 6.82. The Bertz CT molecular complexity index is 687. The molecule has 0 heterocycles. The fourth-order valence-electron chi connectivity index (χ4n) is 2.36. The van der Waals surface area contributed by atoms with E-state index < -0.39 is 0 Å². The van der Waals surface area contributed by atoms with Crippen LogP contribution in [-0.4, -0.2) is 18.2 Å². The number of nitrogens with one attached hydrogen (secondary N) is 2. The van der Waals surface area contributed by atoms with Crippen molar-refractivity contribution >= 4 is 40.3 Å². The lowest BCUT2D eigenvalue weighted by Gasteiger charge is -2.21. The topological polar surface area (TPSA) is 27.3 Å². The van der Waals surface area contributed by atoms with Gasteiger partial charge in [-0.1, -0.05) is 17.7 Å². The van der Waals surface area contributed by atoms with E-state index in [9.17, 15) is 4.39 Å². The van der Waals surface area contributed by atoms with Gasteiger partial charge in [0.25, 0.3) is 0 Å². The molecule has 0 unspecified atom stereocenters. The second-order valence-corrected chi connectivity index (χ2v) is 6.11. The van der Waals surface area contributed by atoms with Crippen LogP contribution in [0.2, 0.25) is 5.02 Å². The van der Waals surface area contributed by atoms with Crippen molar-refractivity contribution in [1.82, 2.24) is 5.32 Å². The summed E-state index contributed by atoms with van der Waals surface area (Å²) in [6.45, 7) is 6.49. The highest BCUT2D eigenvalue weighted by atomic mass is 35.5. The molecule has 128 valence electrons. The van der Waals surface area contributed by atoms with Crippen molar-refractivity contribution < 1.29 is 4.39 Å². The molecule has 0 spiro atoms. The van der Waals surface area contributed by atoms with E-state index in [0.717, 1.165) is 18.8 Å². The Morgan fingerprint density at radius 2 is 1.79 bits per heavy atom. The highest BCUT2D eigenvalue weighted by Crippen LogP contribution is 2.18. The molecule has 0 atom stereocenters. The van der Waals surface area contributed by atoms with Gasteiger partial charge in [0.1, 0.15) is 5.82 Å². The van der Waals surface area contributed by atoms with Crippen LogP contribution in [0, 0.1) is 5.82 Å². The molecule has 0 saturated carbocycles. The van der Waals surface area contributed by atoms with Crippen LogP contribution in [0.3, 0.4) is 0 Å². The van der Waals surface area contributed by atoms with Gasteiger partial charge in [-0.05, 0) is 62.5 Å². The first kappa shape index (κ1) is 18.5. The molecule has 0 aliphatic rings. The fraction of sp³-hybridized carbons (Fsp3) is 0.278. The van der Waals surface area contributed by atoms with Gasteiger partial charge in [0.05, 0.1) is 0 Å². The van der Waals surface area contributed by atoms with Gasteiger partial charge in [-0.25, -0.2) is 4.39 Å². The van der Waals surface area contributed by atoms with Crippen molar-refractivity contribution in [3.05, 3.63) is 58.9 Å². The number of nitrogens with zero attached hydrogens (tertiary/aromatic N) is 1. The highest BCUT2D eigenvalue weighted by Gasteiger charge is 2.05. The molecule has 0 fully saturated rings. The van der Waals surface area contributed by atoms with Gasteiger partial charge in [0.15, 0.2) is 5.11 Å². The minimum absolute atomic E-state index is 0.298. The van der Waals surface area contributed by atoms with Crippen LogP contribution in [0.15, 0.2) is 42.5 Å². The molecule has 0 saturated heterocycles. The molecule has 2 N–H and O–H groups in total. The van der Waals surface area contributed by atoms with E-state index in [1.54, 1.807) is 12.1 Å². The lowest BCUT2D eigenvalue weighted by molar-refractivity contribution is 0.606. The van der Waals surface area contributed by atoms with Crippen molar-refractivity contribution in [2.75, 3.05) is 23.3 Å². The first-order valence-corrected chi connectivity index (χ1v) is 8.66. The number of benzene rings is 2. The predicted octanol–water partition coefficient (Wildman–Crippen LogP) is 4.81. The minimum Gasteiger partial charge on any atom is -0.372 e. The standard InChI is InChI=1S/C18H21ClFN3S/c1-3-23(4-2)16-9-7-15(8-10-16)22-18(24)21-12-13-5-6-14(19)11-17(13)20/h5-11H,3-4,12H2,1-2H3,(H2,21,22,24). The number of hydrogen-bond donors (Lipinski definition) is 2. The maximum absolute atomic E-state index is 13.7. The SMILES string of the molecule is CCN(CC)c1ccc(NC(=S)NCc2ccc(Cl)cc2F)cc1. The van der Waals surface area contributed by atoms with E-state index in [1.165, 1.54) is 11.8 Å². The van der Waals surface area contributed by atoms with E-state index in [2.05, 4.69) is 41.5 Å². The lowest BCUT2D eigenvalue weighted by atomic mass is 10.2. The summed E-state index contributed by atoms with van der Waals surface area (Å²) in [6.07, 6.45) is 0. The van der Waals surface area contributed by atoms with Crippen molar-refractivity contribution in [3.8, 4) is 0 Å². The van der Waals surface area contributed by atoms with Crippen LogP contribution in [0.1, 0.15) is 19.4 Å². The second kappa shape index (κ2) is 8.85. The minimum atomic E-state index is -0.346. The summed E-state index contributed by atoms with van der Waals surface area (Å²) in [5.74, 6) is -0.346. The molecule has 0 radical (unpaired) electrons. The molecular formula is C18H21ClFN3S. The molecule has 0 amide bonds. The summed E-state index contributed by atoms with van der Waals surface area (Å²) in [4.78, 5) is 2.27. The number of hydrogen-bond acceptors (Lipinski definition) is 2. The smallest absolute Gasteiger partial charge is 0.171 e. The molecular weight excluding hydrogens is 345 g/mol. The van der Waals surface area contributed by atoms with E-state index in [0.29, 0.717) is 22.2 Å². The summed E-state index contributed by atoms with van der Waals surface area (Å²) in [7, 11) is 0. The molecule has 3 nitrogen and oxygen atoms in total. The average molecular weight is 366 g/mol. The molecule has 0 aromatic heterocycles. The van der Waals surface area contributed by atoms with Gasteiger partial charge in [-0.2, -0.15) is 0 Å². The van der Waals surface area contributed by atoms with Crippen LogP contribution in [0.5, 0.6) is 0 Å². The normalized spacial score (nSPS) is 10.3. The monoisotopic (exact) mass is 365 g/mol. The number of halogens is 2. The summed E-state index contributed by atoms with van der Waals surface area (Å²) < 4.78 is 13.7. The number of anilines is 2. The molecule has 0 aliphatic carbocycles. The van der Waals surface area contributed by atoms with Crippen molar-refractivity contribution in [2.24, 2.45) is 0 Å². The van der Waals surface area contributed by atoms with Crippen molar-refractivity contribution in [2.45, 2.75) is 20.4 Å². The summed E-state index contributed by atoms with van der Waals surface area (Å²) in [5, 5.41) is 6.92. The molecule has 2 aromatic rings. The predicted molar refractivity (Wildman–Crippen MR) is 104 cm³/mol. The molecule has 24 heavy (non-hydrogen) atoms. The first-order valence-electron chi connectivity index (χ1n) is 7.87. The van der Waals surface area contributed by atoms with E-state index in [4.69, 9.17) is 23.8 Å². The Morgan fingerprint density at radius 3 is 2.38 bits per heavy atom. The van der Waals surface area contributed by atoms with E-state index in [-0.39, 0.29) is 5.82 Å². The largest absolute Gasteiger partial charge is 0.372 e. The zero-order valence-corrected chi connectivity index (χ0v) is 15.3. The van der Waals surface area contributed by atoms with E-state index >= 15 is 0 Å². The van der Waals surface area contributed by atoms with Crippen molar-refractivity contribution in [3.63, 3.8) is 0 Å². The van der Waals surface area contributed by atoms with Gasteiger partial charge in [0, 0.05) is 41.6 Å². The van der Waals surface area contributed by atoms with E-state index in [1.807, 2.05) is 12.1 Å². The Labute approximate surface area is 152 Å². The van der Waals surface area contributed by atoms with Crippen LogP contribution in [0.4, 0.5) is 15.8 Å². The Balaban J connectivity index is 1.90. The number of rotatable bonds is 6. The fourth-order valence-corrected chi connectivity index (χ4v) is 2.71. The Hall–Kier alpha value is -1.85. The third-order valence-electron chi connectivity index (χ3n) is 3.71. The lowest BCUT2D eigenvalue weighted by Crippen LogP contribution is -2.28. The maximum atomic E-state index is 13.7. The van der Waals surface area contributed by atoms with Crippen LogP contribution >= 0.6 is 23.8 Å². The molecule has 0 aliphatic heterocycles. The zero-order chi connectivity index (χ0) is 17.5. The highest BCUT2D eigenvalue weighted by molar-refractivity contribution is 7.80. The third-order valence-corrected chi connectivity index (χ3v) is 4.19. The van der Waals surface area contributed by atoms with Crippen LogP contribution in [0.25, 0.3) is 0 Å². The summed E-state index contributed by atoms with van der Waals surface area (Å²) in [6, 6.07) is 12.7. The quantitative estimate of drug-likeness (QED) is 0.718. The van der Waals surface area contributed by atoms with Gasteiger partial charge in [0.2, 0.25) is 0 Å². The molecule has 6 heteroatoms. The van der Waals surface area contributed by atoms with Crippen LogP contribution < -0.4 is 15.5 Å². The second-order valence-electron chi connectivity index (χ2n) is 5.26. The van der Waals surface area contributed by atoms with Gasteiger partial charge in [-0.3, -0.25) is 0 Å². The van der Waals surface area contributed by atoms with Gasteiger partial charge in [-0.15, -0.1) is 0 Å². The molecule has 2 aromatic carbocycles. The number of thiocarbonyl (C=S) groups is 1. The summed E-state index contributed by atoms with van der Waals surface area (Å²) in [5.41, 5.74) is 2.58. The molecule has 0 bridgehead atoms. The average Bonchev–Trinajstić information content (AvgIpc) is 2.56. The zero-order valence-electron chi connectivity index (χ0n) is 13.8. The third kappa shape index (κ3) is 5.08. The first-order chi connectivity index (χ1) is 11.5. The van der Waals surface area contributed by atoms with Crippen LogP contribution in [-0.2, 0) is 6.54 Å². The van der Waals surface area contributed by atoms with Gasteiger partial charge < -0.3 is 15.5 Å². The van der Waals surface area contributed by atoms with Crippen molar-refractivity contribution in [1.29, 1.82) is 0 Å². The van der Waals surface area contributed by atoms with Gasteiger partial charge >= 0.3 is 0 Å². The Morgan fingerprint density at radius 1 is 1.12 bits per heavy atom. The maximum Gasteiger partial charge on any atom is 0.171 e. The molecule has 2 rings (SSSR count). The summed E-state index contributed by atoms with van der Waals surface area (Å²) >= 11 is 11.0.